The van der Waals surface area contributed by atoms with Gasteiger partial charge in [-0.15, -0.1) is 0 Å². The van der Waals surface area contributed by atoms with Crippen LogP contribution in [-0.4, -0.2) is 35.6 Å². The van der Waals surface area contributed by atoms with E-state index in [1.807, 2.05) is 24.3 Å². The summed E-state index contributed by atoms with van der Waals surface area (Å²) in [6, 6.07) is 7.54. The Balaban J connectivity index is 1.83. The molecule has 0 bridgehead atoms. The van der Waals surface area contributed by atoms with E-state index in [0.717, 1.165) is 11.3 Å². The van der Waals surface area contributed by atoms with Crippen molar-refractivity contribution in [2.45, 2.75) is 39.2 Å². The van der Waals surface area contributed by atoms with Crippen LogP contribution in [0, 0.1) is 6.92 Å². The molecule has 7 heteroatoms. The number of carbonyl (C=O) groups excluding carboxylic acids is 1. The summed E-state index contributed by atoms with van der Waals surface area (Å²) in [5.41, 5.74) is 3.03. The molecule has 2 heterocycles. The lowest BCUT2D eigenvalue weighted by molar-refractivity contribution is 0.102. The van der Waals surface area contributed by atoms with Crippen LogP contribution in [0.1, 0.15) is 53.8 Å². The summed E-state index contributed by atoms with van der Waals surface area (Å²) in [5, 5.41) is 7.23. The van der Waals surface area contributed by atoms with Crippen LogP contribution in [0.2, 0.25) is 0 Å². The zero-order valence-corrected chi connectivity index (χ0v) is 15.5. The van der Waals surface area contributed by atoms with Gasteiger partial charge >= 0.3 is 0 Å². The molecule has 1 atom stereocenters. The van der Waals surface area contributed by atoms with Crippen molar-refractivity contribution in [3.63, 3.8) is 0 Å². The van der Waals surface area contributed by atoms with Crippen LogP contribution in [0.3, 0.4) is 0 Å². The van der Waals surface area contributed by atoms with Crippen LogP contribution in [0.5, 0.6) is 0 Å². The minimum absolute atomic E-state index is 0.0900. The molecule has 25 heavy (non-hydrogen) atoms. The standard InChI is InChI=1S/C18H23N3O3S/c1-12(2)15-6-4-5-7-17(15)20-18(22)16-10-19-21(13(16)3)14-8-9-25(23,24)11-14/h4-7,10,12,14H,8-9,11H2,1-3H3,(H,20,22). The lowest BCUT2D eigenvalue weighted by Crippen LogP contribution is -2.17. The summed E-state index contributed by atoms with van der Waals surface area (Å²) in [7, 11) is -3.00. The quantitative estimate of drug-likeness (QED) is 0.908. The number of rotatable bonds is 4. The summed E-state index contributed by atoms with van der Waals surface area (Å²) >= 11 is 0. The largest absolute Gasteiger partial charge is 0.322 e. The Morgan fingerprint density at radius 2 is 2.04 bits per heavy atom. The maximum Gasteiger partial charge on any atom is 0.259 e. The fourth-order valence-electron chi connectivity index (χ4n) is 3.29. The molecule has 6 nitrogen and oxygen atoms in total. The fraction of sp³-hybridized carbons (Fsp3) is 0.444. The van der Waals surface area contributed by atoms with Gasteiger partial charge < -0.3 is 5.32 Å². The number of hydrogen-bond donors (Lipinski definition) is 1. The molecule has 1 aromatic carbocycles. The Labute approximate surface area is 148 Å². The third-order valence-electron chi connectivity index (χ3n) is 4.67. The van der Waals surface area contributed by atoms with Gasteiger partial charge in [-0.05, 0) is 30.9 Å². The van der Waals surface area contributed by atoms with E-state index in [-0.39, 0.29) is 23.5 Å². The predicted molar refractivity (Wildman–Crippen MR) is 97.8 cm³/mol. The van der Waals surface area contributed by atoms with E-state index < -0.39 is 9.84 Å². The number of nitrogens with zero attached hydrogens (tertiary/aromatic N) is 2. The minimum Gasteiger partial charge on any atom is -0.322 e. The molecule has 1 fully saturated rings. The highest BCUT2D eigenvalue weighted by atomic mass is 32.2. The van der Waals surface area contributed by atoms with Gasteiger partial charge in [0, 0.05) is 11.4 Å². The number of carbonyl (C=O) groups is 1. The minimum atomic E-state index is -3.00. The lowest BCUT2D eigenvalue weighted by atomic mass is 10.0. The van der Waals surface area contributed by atoms with Gasteiger partial charge in [0.15, 0.2) is 9.84 Å². The number of para-hydroxylation sites is 1. The Kier molecular flexibility index (Phi) is 4.69. The monoisotopic (exact) mass is 361 g/mol. The average molecular weight is 361 g/mol. The Bertz CT molecular complexity index is 900. The maximum atomic E-state index is 12.7. The summed E-state index contributed by atoms with van der Waals surface area (Å²) < 4.78 is 25.1. The molecule has 1 N–H and O–H groups in total. The van der Waals surface area contributed by atoms with E-state index in [0.29, 0.717) is 23.6 Å². The van der Waals surface area contributed by atoms with Gasteiger partial charge in [-0.3, -0.25) is 9.48 Å². The zero-order chi connectivity index (χ0) is 18.2. The number of benzene rings is 1. The molecule has 0 radical (unpaired) electrons. The third-order valence-corrected chi connectivity index (χ3v) is 6.42. The van der Waals surface area contributed by atoms with Crippen molar-refractivity contribution in [3.8, 4) is 0 Å². The highest BCUT2D eigenvalue weighted by molar-refractivity contribution is 7.91. The Hall–Kier alpha value is -2.15. The molecule has 2 aromatic rings. The van der Waals surface area contributed by atoms with E-state index in [2.05, 4.69) is 24.3 Å². The number of anilines is 1. The van der Waals surface area contributed by atoms with Gasteiger partial charge in [0.05, 0.1) is 29.3 Å². The third kappa shape index (κ3) is 3.61. The van der Waals surface area contributed by atoms with E-state index >= 15 is 0 Å². The molecule has 1 amide bonds. The molecule has 0 saturated carbocycles. The van der Waals surface area contributed by atoms with Crippen molar-refractivity contribution < 1.29 is 13.2 Å². The molecule has 1 aliphatic rings. The number of aromatic nitrogens is 2. The van der Waals surface area contributed by atoms with Crippen LogP contribution in [0.25, 0.3) is 0 Å². The molecule has 1 aliphatic heterocycles. The smallest absolute Gasteiger partial charge is 0.259 e. The van der Waals surface area contributed by atoms with Crippen molar-refractivity contribution in [1.82, 2.24) is 9.78 Å². The van der Waals surface area contributed by atoms with Crippen LogP contribution >= 0.6 is 0 Å². The first-order valence-electron chi connectivity index (χ1n) is 8.43. The summed E-state index contributed by atoms with van der Waals surface area (Å²) in [5.74, 6) is 0.342. The molecular weight excluding hydrogens is 338 g/mol. The Morgan fingerprint density at radius 1 is 1.32 bits per heavy atom. The van der Waals surface area contributed by atoms with Crippen molar-refractivity contribution in [2.75, 3.05) is 16.8 Å². The molecule has 1 saturated heterocycles. The summed E-state index contributed by atoms with van der Waals surface area (Å²) in [4.78, 5) is 12.7. The van der Waals surface area contributed by atoms with Crippen LogP contribution in [0.4, 0.5) is 5.69 Å². The first-order valence-corrected chi connectivity index (χ1v) is 10.3. The second-order valence-corrected chi connectivity index (χ2v) is 9.07. The van der Waals surface area contributed by atoms with Crippen molar-refractivity contribution in [3.05, 3.63) is 47.3 Å². The van der Waals surface area contributed by atoms with Crippen LogP contribution in [0.15, 0.2) is 30.5 Å². The van der Waals surface area contributed by atoms with Crippen molar-refractivity contribution in [2.24, 2.45) is 0 Å². The SMILES string of the molecule is Cc1c(C(=O)Nc2ccccc2C(C)C)cnn1C1CCS(=O)(=O)C1. The summed E-state index contributed by atoms with van der Waals surface area (Å²) in [6.45, 7) is 5.96. The van der Waals surface area contributed by atoms with Gasteiger partial charge in [-0.25, -0.2) is 8.42 Å². The summed E-state index contributed by atoms with van der Waals surface area (Å²) in [6.07, 6.45) is 2.07. The first-order chi connectivity index (χ1) is 11.8. The van der Waals surface area contributed by atoms with Crippen LogP contribution in [-0.2, 0) is 9.84 Å². The second kappa shape index (κ2) is 6.63. The molecule has 3 rings (SSSR count). The van der Waals surface area contributed by atoms with E-state index in [1.165, 1.54) is 6.20 Å². The van der Waals surface area contributed by atoms with E-state index in [1.54, 1.807) is 11.6 Å². The number of nitrogens with one attached hydrogen (secondary N) is 1. The van der Waals surface area contributed by atoms with Crippen molar-refractivity contribution in [1.29, 1.82) is 0 Å². The highest BCUT2D eigenvalue weighted by Crippen LogP contribution is 2.27. The maximum absolute atomic E-state index is 12.7. The van der Waals surface area contributed by atoms with Crippen molar-refractivity contribution >= 4 is 21.4 Å². The van der Waals surface area contributed by atoms with Gasteiger partial charge in [0.2, 0.25) is 0 Å². The van der Waals surface area contributed by atoms with E-state index in [4.69, 9.17) is 0 Å². The fourth-order valence-corrected chi connectivity index (χ4v) is 4.98. The highest BCUT2D eigenvalue weighted by Gasteiger charge is 2.31. The Morgan fingerprint density at radius 3 is 2.68 bits per heavy atom. The van der Waals surface area contributed by atoms with Gasteiger partial charge in [0.25, 0.3) is 5.91 Å². The number of amides is 1. The normalized spacial score (nSPS) is 19.3. The molecule has 1 unspecified atom stereocenters. The lowest BCUT2D eigenvalue weighted by Gasteiger charge is -2.14. The van der Waals surface area contributed by atoms with E-state index in [9.17, 15) is 13.2 Å². The second-order valence-electron chi connectivity index (χ2n) is 6.84. The van der Waals surface area contributed by atoms with Gasteiger partial charge in [0.1, 0.15) is 0 Å². The zero-order valence-electron chi connectivity index (χ0n) is 14.7. The molecule has 134 valence electrons. The van der Waals surface area contributed by atoms with Gasteiger partial charge in [-0.2, -0.15) is 5.10 Å². The van der Waals surface area contributed by atoms with Gasteiger partial charge in [-0.1, -0.05) is 32.0 Å². The molecule has 0 spiro atoms. The first kappa shape index (κ1) is 17.7. The molecule has 0 aliphatic carbocycles. The molecule has 1 aromatic heterocycles. The topological polar surface area (TPSA) is 81.1 Å². The average Bonchev–Trinajstić information content (AvgIpc) is 3.09. The molecular formula is C18H23N3O3S. The predicted octanol–water partition coefficient (Wildman–Crippen LogP) is 2.93. The number of sulfone groups is 1. The van der Waals surface area contributed by atoms with Crippen LogP contribution < -0.4 is 5.32 Å². The number of hydrogen-bond acceptors (Lipinski definition) is 4.